The molecule has 1 aromatic rings. The average Bonchev–Trinajstić information content (AvgIpc) is 2.40. The molecule has 0 radical (unpaired) electrons. The second-order valence-electron chi connectivity index (χ2n) is 4.65. The van der Waals surface area contributed by atoms with E-state index in [0.717, 1.165) is 19.3 Å². The van der Waals surface area contributed by atoms with Crippen molar-refractivity contribution in [3.8, 4) is 0 Å². The monoisotopic (exact) mass is 250 g/mol. The summed E-state index contributed by atoms with van der Waals surface area (Å²) in [6.45, 7) is 3.77. The molecule has 0 atom stereocenters. The third-order valence-corrected chi connectivity index (χ3v) is 6.20. The van der Waals surface area contributed by atoms with Crippen molar-refractivity contribution in [2.75, 3.05) is 0 Å². The highest BCUT2D eigenvalue weighted by molar-refractivity contribution is 7.93. The first-order valence-corrected chi connectivity index (χ1v) is 7.54. The van der Waals surface area contributed by atoms with E-state index in [4.69, 9.17) is 0 Å². The smallest absolute Gasteiger partial charge is 0.187 e. The fourth-order valence-electron chi connectivity index (χ4n) is 2.57. The molecular formula is C14H18O2S. The maximum atomic E-state index is 12.7. The minimum Gasteiger partial charge on any atom is -0.223 e. The molecule has 2 nitrogen and oxygen atoms in total. The average molecular weight is 250 g/mol. The van der Waals surface area contributed by atoms with Gasteiger partial charge in [-0.05, 0) is 25.0 Å². The van der Waals surface area contributed by atoms with Crippen LogP contribution in [0.1, 0.15) is 32.1 Å². The Kier molecular flexibility index (Phi) is 3.38. The van der Waals surface area contributed by atoms with E-state index in [1.165, 1.54) is 0 Å². The molecule has 3 heteroatoms. The Balaban J connectivity index is 2.46. The highest BCUT2D eigenvalue weighted by Gasteiger charge is 2.42. The topological polar surface area (TPSA) is 34.1 Å². The van der Waals surface area contributed by atoms with Gasteiger partial charge in [0, 0.05) is 0 Å². The van der Waals surface area contributed by atoms with Crippen molar-refractivity contribution in [2.24, 2.45) is 0 Å². The van der Waals surface area contributed by atoms with E-state index in [1.807, 2.05) is 6.07 Å². The maximum absolute atomic E-state index is 12.7. The summed E-state index contributed by atoms with van der Waals surface area (Å²) in [4.78, 5) is 0.418. The van der Waals surface area contributed by atoms with Gasteiger partial charge in [0.25, 0.3) is 0 Å². The summed E-state index contributed by atoms with van der Waals surface area (Å²) in [6.07, 6.45) is 6.12. The Morgan fingerprint density at radius 3 is 2.18 bits per heavy atom. The predicted molar refractivity (Wildman–Crippen MR) is 69.6 cm³/mol. The Hall–Kier alpha value is -1.09. The van der Waals surface area contributed by atoms with Gasteiger partial charge in [0.1, 0.15) is 0 Å². The molecule has 1 aliphatic carbocycles. The van der Waals surface area contributed by atoms with Crippen LogP contribution < -0.4 is 0 Å². The van der Waals surface area contributed by atoms with Crippen LogP contribution in [0.2, 0.25) is 0 Å². The number of hydrogen-bond donors (Lipinski definition) is 0. The Labute approximate surface area is 103 Å². The molecule has 2 rings (SSSR count). The van der Waals surface area contributed by atoms with Crippen molar-refractivity contribution in [3.05, 3.63) is 43.0 Å². The molecule has 92 valence electrons. The number of hydrogen-bond acceptors (Lipinski definition) is 2. The molecule has 0 amide bonds. The molecule has 0 N–H and O–H groups in total. The lowest BCUT2D eigenvalue weighted by Crippen LogP contribution is -2.38. The van der Waals surface area contributed by atoms with Crippen molar-refractivity contribution in [1.29, 1.82) is 0 Å². The van der Waals surface area contributed by atoms with Gasteiger partial charge in [-0.1, -0.05) is 43.5 Å². The SMILES string of the molecule is C=CC1(S(=O)(=O)c2ccccc2)CCCCC1. The van der Waals surface area contributed by atoms with Crippen LogP contribution >= 0.6 is 0 Å². The number of benzene rings is 1. The molecule has 0 unspecified atom stereocenters. The van der Waals surface area contributed by atoms with E-state index >= 15 is 0 Å². The van der Waals surface area contributed by atoms with Gasteiger partial charge in [-0.15, -0.1) is 6.58 Å². The molecule has 1 aliphatic rings. The standard InChI is InChI=1S/C14H18O2S/c1-2-14(11-7-4-8-12-14)17(15,16)13-9-5-3-6-10-13/h2-3,5-6,9-10H,1,4,7-8,11-12H2. The van der Waals surface area contributed by atoms with Gasteiger partial charge >= 0.3 is 0 Å². The van der Waals surface area contributed by atoms with Crippen molar-refractivity contribution in [3.63, 3.8) is 0 Å². The van der Waals surface area contributed by atoms with E-state index in [9.17, 15) is 8.42 Å². The van der Waals surface area contributed by atoms with E-state index in [1.54, 1.807) is 30.3 Å². The summed E-state index contributed by atoms with van der Waals surface area (Å²) in [5.74, 6) is 0. The summed E-state index contributed by atoms with van der Waals surface area (Å²) >= 11 is 0. The van der Waals surface area contributed by atoms with Gasteiger partial charge < -0.3 is 0 Å². The molecular weight excluding hydrogens is 232 g/mol. The Bertz CT molecular complexity index is 482. The molecule has 1 saturated carbocycles. The van der Waals surface area contributed by atoms with Gasteiger partial charge in [0.15, 0.2) is 9.84 Å². The molecule has 0 aliphatic heterocycles. The lowest BCUT2D eigenvalue weighted by molar-refractivity contribution is 0.424. The van der Waals surface area contributed by atoms with Crippen LogP contribution in [0.5, 0.6) is 0 Å². The van der Waals surface area contributed by atoms with Crippen molar-refractivity contribution < 1.29 is 8.42 Å². The van der Waals surface area contributed by atoms with E-state index in [-0.39, 0.29) is 0 Å². The lowest BCUT2D eigenvalue weighted by Gasteiger charge is -2.33. The van der Waals surface area contributed by atoms with Gasteiger partial charge in [0.05, 0.1) is 9.64 Å². The van der Waals surface area contributed by atoms with Crippen LogP contribution in [0.3, 0.4) is 0 Å². The maximum Gasteiger partial charge on any atom is 0.187 e. The van der Waals surface area contributed by atoms with Crippen LogP contribution in [0.4, 0.5) is 0 Å². The molecule has 17 heavy (non-hydrogen) atoms. The van der Waals surface area contributed by atoms with Crippen LogP contribution in [-0.2, 0) is 9.84 Å². The third kappa shape index (κ3) is 2.04. The predicted octanol–water partition coefficient (Wildman–Crippen LogP) is 3.35. The first-order valence-electron chi connectivity index (χ1n) is 6.06. The minimum absolute atomic E-state index is 0.418. The molecule has 0 heterocycles. The lowest BCUT2D eigenvalue weighted by atomic mass is 9.88. The first-order chi connectivity index (χ1) is 8.12. The van der Waals surface area contributed by atoms with Gasteiger partial charge in [0.2, 0.25) is 0 Å². The van der Waals surface area contributed by atoms with Crippen molar-refractivity contribution in [1.82, 2.24) is 0 Å². The van der Waals surface area contributed by atoms with Crippen LogP contribution in [0.25, 0.3) is 0 Å². The Morgan fingerprint density at radius 2 is 1.65 bits per heavy atom. The number of rotatable bonds is 3. The summed E-state index contributed by atoms with van der Waals surface area (Å²) in [5, 5.41) is 0. The Morgan fingerprint density at radius 1 is 1.06 bits per heavy atom. The minimum atomic E-state index is -3.29. The van der Waals surface area contributed by atoms with Gasteiger partial charge in [-0.25, -0.2) is 8.42 Å². The van der Waals surface area contributed by atoms with Crippen molar-refractivity contribution >= 4 is 9.84 Å². The first kappa shape index (κ1) is 12.4. The van der Waals surface area contributed by atoms with E-state index in [2.05, 4.69) is 6.58 Å². The van der Waals surface area contributed by atoms with Crippen LogP contribution in [0.15, 0.2) is 47.9 Å². The zero-order valence-electron chi connectivity index (χ0n) is 9.93. The summed E-state index contributed by atoms with van der Waals surface area (Å²) in [5.41, 5.74) is 0. The summed E-state index contributed by atoms with van der Waals surface area (Å²) in [6, 6.07) is 8.73. The third-order valence-electron chi connectivity index (χ3n) is 3.66. The fraction of sp³-hybridized carbons (Fsp3) is 0.429. The second-order valence-corrected chi connectivity index (χ2v) is 6.94. The number of sulfone groups is 1. The highest BCUT2D eigenvalue weighted by atomic mass is 32.2. The quantitative estimate of drug-likeness (QED) is 0.771. The molecule has 1 aromatic carbocycles. The molecule has 0 aromatic heterocycles. The fourth-order valence-corrected chi connectivity index (χ4v) is 4.60. The molecule has 0 spiro atoms. The normalized spacial score (nSPS) is 19.8. The van der Waals surface area contributed by atoms with E-state index < -0.39 is 14.6 Å². The molecule has 1 fully saturated rings. The zero-order valence-corrected chi connectivity index (χ0v) is 10.7. The van der Waals surface area contributed by atoms with Crippen LogP contribution in [-0.4, -0.2) is 13.2 Å². The van der Waals surface area contributed by atoms with Gasteiger partial charge in [-0.3, -0.25) is 0 Å². The second kappa shape index (κ2) is 4.65. The van der Waals surface area contributed by atoms with Crippen LogP contribution in [0, 0.1) is 0 Å². The molecule has 0 bridgehead atoms. The summed E-state index contributed by atoms with van der Waals surface area (Å²) in [7, 11) is -3.29. The van der Waals surface area contributed by atoms with Gasteiger partial charge in [-0.2, -0.15) is 0 Å². The largest absolute Gasteiger partial charge is 0.223 e. The summed E-state index contributed by atoms with van der Waals surface area (Å²) < 4.78 is 24.6. The molecule has 0 saturated heterocycles. The van der Waals surface area contributed by atoms with Crippen molar-refractivity contribution in [2.45, 2.75) is 41.7 Å². The highest BCUT2D eigenvalue weighted by Crippen LogP contribution is 2.39. The van der Waals surface area contributed by atoms with E-state index in [0.29, 0.717) is 17.7 Å². The zero-order chi connectivity index (χ0) is 12.4.